The largest absolute Gasteiger partial charge is 0.423 e. The normalized spacial score (nSPS) is 14.7. The maximum absolute atomic E-state index is 12.8. The highest BCUT2D eigenvalue weighted by Crippen LogP contribution is 2.33. The molecule has 0 radical (unpaired) electrons. The Morgan fingerprint density at radius 2 is 1.86 bits per heavy atom. The Bertz CT molecular complexity index is 1390. The maximum atomic E-state index is 12.8. The first kappa shape index (κ1) is 18.1. The van der Waals surface area contributed by atoms with Crippen molar-refractivity contribution in [3.05, 3.63) is 59.0 Å². The molecular formula is C20H17N3O4S2. The molecule has 1 fully saturated rings. The number of anilines is 2. The molecule has 2 aromatic carbocycles. The minimum atomic E-state index is -3.79. The first-order valence-electron chi connectivity index (χ1n) is 9.20. The van der Waals surface area contributed by atoms with Gasteiger partial charge in [0, 0.05) is 24.5 Å². The van der Waals surface area contributed by atoms with Gasteiger partial charge in [0.1, 0.15) is 5.58 Å². The van der Waals surface area contributed by atoms with Crippen molar-refractivity contribution in [1.29, 1.82) is 0 Å². The van der Waals surface area contributed by atoms with Gasteiger partial charge in [0.25, 0.3) is 10.0 Å². The van der Waals surface area contributed by atoms with Crippen LogP contribution in [0.2, 0.25) is 0 Å². The van der Waals surface area contributed by atoms with Gasteiger partial charge in [-0.2, -0.15) is 0 Å². The number of sulfonamides is 1. The number of nitrogens with one attached hydrogen (secondary N) is 1. The van der Waals surface area contributed by atoms with E-state index in [0.717, 1.165) is 28.4 Å². The van der Waals surface area contributed by atoms with E-state index in [1.807, 2.05) is 12.1 Å². The molecule has 1 aliphatic heterocycles. The Kier molecular flexibility index (Phi) is 4.29. The molecule has 1 aliphatic rings. The van der Waals surface area contributed by atoms with E-state index < -0.39 is 15.6 Å². The maximum Gasteiger partial charge on any atom is 0.336 e. The fourth-order valence-electron chi connectivity index (χ4n) is 3.45. The molecule has 0 unspecified atom stereocenters. The van der Waals surface area contributed by atoms with Gasteiger partial charge in [0.2, 0.25) is 0 Å². The summed E-state index contributed by atoms with van der Waals surface area (Å²) in [6.07, 6.45) is 2.35. The van der Waals surface area contributed by atoms with E-state index >= 15 is 0 Å². The zero-order valence-electron chi connectivity index (χ0n) is 15.3. The van der Waals surface area contributed by atoms with Crippen molar-refractivity contribution in [2.75, 3.05) is 22.7 Å². The van der Waals surface area contributed by atoms with Crippen molar-refractivity contribution in [1.82, 2.24) is 4.98 Å². The molecule has 1 N–H and O–H groups in total. The Hall–Kier alpha value is -2.91. The summed E-state index contributed by atoms with van der Waals surface area (Å²) in [6, 6.07) is 12.6. The molecule has 1 saturated heterocycles. The first-order chi connectivity index (χ1) is 14.0. The highest BCUT2D eigenvalue weighted by molar-refractivity contribution is 7.92. The summed E-state index contributed by atoms with van der Waals surface area (Å²) >= 11 is 1.57. The van der Waals surface area contributed by atoms with E-state index in [9.17, 15) is 13.2 Å². The lowest BCUT2D eigenvalue weighted by molar-refractivity contribution is 0.560. The number of nitrogens with zero attached hydrogens (tertiary/aromatic N) is 2. The number of hydrogen-bond donors (Lipinski definition) is 1. The second kappa shape index (κ2) is 6.85. The van der Waals surface area contributed by atoms with Gasteiger partial charge < -0.3 is 9.32 Å². The van der Waals surface area contributed by atoms with Crippen LogP contribution in [0, 0.1) is 0 Å². The van der Waals surface area contributed by atoms with E-state index in [0.29, 0.717) is 16.7 Å². The molecule has 0 amide bonds. The lowest BCUT2D eigenvalue weighted by atomic mass is 10.2. The van der Waals surface area contributed by atoms with E-state index in [1.165, 1.54) is 37.1 Å². The second-order valence-electron chi connectivity index (χ2n) is 6.93. The molecule has 0 atom stereocenters. The van der Waals surface area contributed by atoms with Gasteiger partial charge in [0.05, 0.1) is 20.8 Å². The van der Waals surface area contributed by atoms with Crippen molar-refractivity contribution >= 4 is 53.4 Å². The molecule has 5 rings (SSSR count). The predicted molar refractivity (Wildman–Crippen MR) is 114 cm³/mol. The average molecular weight is 428 g/mol. The third-order valence-electron chi connectivity index (χ3n) is 4.91. The second-order valence-corrected chi connectivity index (χ2v) is 9.62. The summed E-state index contributed by atoms with van der Waals surface area (Å²) in [4.78, 5) is 18.3. The third-order valence-corrected chi connectivity index (χ3v) is 7.36. The monoisotopic (exact) mass is 427 g/mol. The Morgan fingerprint density at radius 3 is 2.69 bits per heavy atom. The smallest absolute Gasteiger partial charge is 0.336 e. The number of benzene rings is 2. The van der Waals surface area contributed by atoms with Crippen LogP contribution in [0.25, 0.3) is 21.2 Å². The van der Waals surface area contributed by atoms with Gasteiger partial charge in [-0.15, -0.1) is 0 Å². The number of hydrogen-bond acceptors (Lipinski definition) is 7. The van der Waals surface area contributed by atoms with Crippen molar-refractivity contribution in [2.45, 2.75) is 17.7 Å². The standard InChI is InChI=1S/C20H17N3O4S2/c24-19-8-3-13-11-15(5-7-17(13)27-19)29(25,26)22-14-4-6-16-18(12-14)28-20(21-16)23-9-1-2-10-23/h3-8,11-12,22H,1-2,9-10H2. The Labute approximate surface area is 170 Å². The van der Waals surface area contributed by atoms with Crippen LogP contribution in [0.4, 0.5) is 10.8 Å². The van der Waals surface area contributed by atoms with Crippen LogP contribution in [-0.4, -0.2) is 26.5 Å². The predicted octanol–water partition coefficient (Wildman–Crippen LogP) is 3.80. The molecule has 3 heterocycles. The van der Waals surface area contributed by atoms with Gasteiger partial charge >= 0.3 is 5.63 Å². The van der Waals surface area contributed by atoms with Crippen LogP contribution in [0.1, 0.15) is 12.8 Å². The number of rotatable bonds is 4. The molecule has 0 aliphatic carbocycles. The van der Waals surface area contributed by atoms with E-state index in [2.05, 4.69) is 14.6 Å². The molecule has 0 spiro atoms. The first-order valence-corrected chi connectivity index (χ1v) is 11.5. The van der Waals surface area contributed by atoms with E-state index in [1.54, 1.807) is 23.5 Å². The van der Waals surface area contributed by atoms with E-state index in [4.69, 9.17) is 4.42 Å². The summed E-state index contributed by atoms with van der Waals surface area (Å²) in [6.45, 7) is 2.03. The number of fused-ring (bicyclic) bond motifs is 2. The van der Waals surface area contributed by atoms with Gasteiger partial charge in [-0.3, -0.25) is 4.72 Å². The van der Waals surface area contributed by atoms with Crippen LogP contribution in [0.15, 0.2) is 62.6 Å². The summed E-state index contributed by atoms with van der Waals surface area (Å²) < 4.78 is 34.3. The van der Waals surface area contributed by atoms with Crippen LogP contribution in [-0.2, 0) is 10.0 Å². The van der Waals surface area contributed by atoms with Crippen molar-refractivity contribution < 1.29 is 12.8 Å². The average Bonchev–Trinajstić information content (AvgIpc) is 3.36. The van der Waals surface area contributed by atoms with Crippen molar-refractivity contribution in [2.24, 2.45) is 0 Å². The fraction of sp³-hybridized carbons (Fsp3) is 0.200. The van der Waals surface area contributed by atoms with E-state index in [-0.39, 0.29) is 4.90 Å². The van der Waals surface area contributed by atoms with Gasteiger partial charge in [-0.25, -0.2) is 18.2 Å². The third kappa shape index (κ3) is 3.47. The Balaban J connectivity index is 1.45. The summed E-state index contributed by atoms with van der Waals surface area (Å²) in [5.41, 5.74) is 1.21. The fourth-order valence-corrected chi connectivity index (χ4v) is 5.59. The molecule has 0 bridgehead atoms. The molecule has 9 heteroatoms. The topological polar surface area (TPSA) is 92.5 Å². The summed E-state index contributed by atoms with van der Waals surface area (Å²) in [5, 5.41) is 1.52. The summed E-state index contributed by atoms with van der Waals surface area (Å²) in [7, 11) is -3.79. The number of aromatic nitrogens is 1. The Morgan fingerprint density at radius 1 is 1.03 bits per heavy atom. The summed E-state index contributed by atoms with van der Waals surface area (Å²) in [5.74, 6) is 0. The molecule has 0 saturated carbocycles. The lowest BCUT2D eigenvalue weighted by Gasteiger charge is -2.11. The molecule has 7 nitrogen and oxygen atoms in total. The zero-order chi connectivity index (χ0) is 20.0. The molecule has 4 aromatic rings. The van der Waals surface area contributed by atoms with Crippen molar-refractivity contribution in [3.63, 3.8) is 0 Å². The van der Waals surface area contributed by atoms with Crippen LogP contribution >= 0.6 is 11.3 Å². The van der Waals surface area contributed by atoms with Crippen molar-refractivity contribution in [3.8, 4) is 0 Å². The van der Waals surface area contributed by atoms with Gasteiger partial charge in [0.15, 0.2) is 5.13 Å². The SMILES string of the molecule is O=c1ccc2cc(S(=O)(=O)Nc3ccc4nc(N5CCCC5)sc4c3)ccc2o1. The highest BCUT2D eigenvalue weighted by Gasteiger charge is 2.18. The molecule has 29 heavy (non-hydrogen) atoms. The number of thiazole rings is 1. The molecular weight excluding hydrogens is 410 g/mol. The highest BCUT2D eigenvalue weighted by atomic mass is 32.2. The minimum absolute atomic E-state index is 0.0982. The van der Waals surface area contributed by atoms with Crippen LogP contribution < -0.4 is 15.2 Å². The lowest BCUT2D eigenvalue weighted by Crippen LogP contribution is -2.16. The van der Waals surface area contributed by atoms with Gasteiger partial charge in [-0.1, -0.05) is 11.3 Å². The van der Waals surface area contributed by atoms with Crippen LogP contribution in [0.5, 0.6) is 0 Å². The quantitative estimate of drug-likeness (QED) is 0.498. The minimum Gasteiger partial charge on any atom is -0.423 e. The zero-order valence-corrected chi connectivity index (χ0v) is 16.9. The molecule has 148 valence electrons. The van der Waals surface area contributed by atoms with Gasteiger partial charge in [-0.05, 0) is 55.3 Å². The van der Waals surface area contributed by atoms with Crippen LogP contribution in [0.3, 0.4) is 0 Å². The molecule has 2 aromatic heterocycles.